The van der Waals surface area contributed by atoms with Crippen LogP contribution < -0.4 is 27.0 Å². The summed E-state index contributed by atoms with van der Waals surface area (Å²) < 4.78 is 31.6. The van der Waals surface area contributed by atoms with E-state index >= 15 is 4.39 Å². The van der Waals surface area contributed by atoms with Crippen LogP contribution in [0.3, 0.4) is 0 Å². The van der Waals surface area contributed by atoms with Gasteiger partial charge in [-0.1, -0.05) is 51.1 Å². The number of imide groups is 1. The van der Waals surface area contributed by atoms with E-state index in [1.807, 2.05) is 51.1 Å². The molecule has 0 spiro atoms. The van der Waals surface area contributed by atoms with Crippen LogP contribution in [0.1, 0.15) is 56.5 Å². The van der Waals surface area contributed by atoms with Gasteiger partial charge in [0.15, 0.2) is 0 Å². The summed E-state index contributed by atoms with van der Waals surface area (Å²) in [6.07, 6.45) is 5.45. The molecule has 3 atom stereocenters. The Bertz CT molecular complexity index is 2480. The number of primary amides is 1. The van der Waals surface area contributed by atoms with Gasteiger partial charge in [-0.25, -0.2) is 8.78 Å². The molecule has 2 aromatic carbocycles. The van der Waals surface area contributed by atoms with Crippen LogP contribution in [0.5, 0.6) is 0 Å². The maximum absolute atomic E-state index is 15.3. The third kappa shape index (κ3) is 14.2. The molecule has 0 aliphatic carbocycles. The molecule has 0 bridgehead atoms. The number of nitrogens with one attached hydrogen (secondary N) is 4. The number of benzene rings is 2. The van der Waals surface area contributed by atoms with Gasteiger partial charge in [-0.3, -0.25) is 48.2 Å². The molecule has 3 heterocycles. The van der Waals surface area contributed by atoms with Gasteiger partial charge in [0.2, 0.25) is 35.4 Å². The van der Waals surface area contributed by atoms with E-state index in [9.17, 15) is 47.9 Å². The van der Waals surface area contributed by atoms with Crippen molar-refractivity contribution in [1.29, 1.82) is 0 Å². The zero-order valence-electron chi connectivity index (χ0n) is 37.2. The second kappa shape index (κ2) is 23.0. The molecule has 0 unspecified atom stereocenters. The van der Waals surface area contributed by atoms with Crippen LogP contribution in [-0.2, 0) is 51.3 Å². The molecule has 67 heavy (non-hydrogen) atoms. The Morgan fingerprint density at radius 1 is 0.821 bits per heavy atom. The lowest BCUT2D eigenvalue weighted by atomic mass is 9.82. The summed E-state index contributed by atoms with van der Waals surface area (Å²) in [5.74, 6) is -7.57. The number of nitrogens with two attached hydrogens (primary N) is 1. The lowest BCUT2D eigenvalue weighted by Gasteiger charge is -2.41. The van der Waals surface area contributed by atoms with Crippen LogP contribution >= 0.6 is 0 Å². The van der Waals surface area contributed by atoms with Crippen molar-refractivity contribution in [2.45, 2.75) is 64.7 Å². The van der Waals surface area contributed by atoms with Crippen molar-refractivity contribution in [2.24, 2.45) is 11.1 Å². The zero-order chi connectivity index (χ0) is 48.8. The number of halogens is 2. The highest BCUT2D eigenvalue weighted by Gasteiger charge is 2.38. The molecule has 0 saturated carbocycles. The third-order valence-electron chi connectivity index (χ3n) is 10.6. The molecule has 0 saturated heterocycles. The predicted octanol–water partition coefficient (Wildman–Crippen LogP) is 1.42. The van der Waals surface area contributed by atoms with Crippen LogP contribution in [0.2, 0.25) is 0 Å². The monoisotopic (exact) mass is 925 g/mol. The molecule has 354 valence electrons. The zero-order valence-corrected chi connectivity index (χ0v) is 37.2. The highest BCUT2D eigenvalue weighted by atomic mass is 19.1. The Morgan fingerprint density at radius 2 is 1.49 bits per heavy atom. The number of aliphatic hydroxyl groups is 1. The minimum absolute atomic E-state index is 0.0372. The normalized spacial score (nSPS) is 13.7. The molecule has 0 radical (unpaired) electrons. The van der Waals surface area contributed by atoms with Gasteiger partial charge >= 0.3 is 0 Å². The Kier molecular flexibility index (Phi) is 17.3. The molecule has 1 aliphatic heterocycles. The standard InChI is InChI=1S/C47H53F2N9O9/c1-47(2,3)44(37-22-31(33-23-32(48)9-10-34(33)49)26-56(37)25-30-7-5-4-6-8-30)57(43(65)28-59)20-15-35(45(66)53-19-18-52-40(62)27-58-41(63)11-12-42(58)64)55-46(67)36(24-38(50)60)54-39(61)21-29-13-16-51-17-14-29/h4-14,16-17,22-23,26,35-36,44,59H,15,18-21,24-25,27-28H2,1-3H3,(H2,50,60)(H,52,62)(H,53,66)(H,54,61)(H,55,67)/t35-,36-,44-/m0/s1. The summed E-state index contributed by atoms with van der Waals surface area (Å²) in [5.41, 5.74) is 6.73. The summed E-state index contributed by atoms with van der Waals surface area (Å²) in [6.45, 7) is 3.45. The Hall–Kier alpha value is -7.61. The third-order valence-corrected chi connectivity index (χ3v) is 10.6. The van der Waals surface area contributed by atoms with Gasteiger partial charge in [0, 0.05) is 73.7 Å². The Balaban J connectivity index is 1.45. The smallest absolute Gasteiger partial charge is 0.254 e. The summed E-state index contributed by atoms with van der Waals surface area (Å²) >= 11 is 0. The van der Waals surface area contributed by atoms with Crippen molar-refractivity contribution in [2.75, 3.05) is 32.8 Å². The van der Waals surface area contributed by atoms with Crippen LogP contribution in [0.25, 0.3) is 11.1 Å². The summed E-state index contributed by atoms with van der Waals surface area (Å²) in [6, 6.07) is 13.1. The van der Waals surface area contributed by atoms with Crippen LogP contribution in [0.15, 0.2) is 97.5 Å². The maximum atomic E-state index is 15.3. The molecule has 18 nitrogen and oxygen atoms in total. The van der Waals surface area contributed by atoms with E-state index in [4.69, 9.17) is 5.73 Å². The first kappa shape index (κ1) is 50.4. The summed E-state index contributed by atoms with van der Waals surface area (Å²) in [7, 11) is 0. The van der Waals surface area contributed by atoms with Crippen molar-refractivity contribution in [3.05, 3.63) is 126 Å². The minimum atomic E-state index is -1.55. The van der Waals surface area contributed by atoms with E-state index in [-0.39, 0.29) is 44.6 Å². The Morgan fingerprint density at radius 3 is 2.13 bits per heavy atom. The number of rotatable bonds is 22. The second-order valence-corrected chi connectivity index (χ2v) is 16.8. The van der Waals surface area contributed by atoms with Gasteiger partial charge in [0.05, 0.1) is 18.9 Å². The van der Waals surface area contributed by atoms with Gasteiger partial charge in [-0.15, -0.1) is 0 Å². The van der Waals surface area contributed by atoms with Crippen molar-refractivity contribution < 1.29 is 52.2 Å². The molecule has 0 fully saturated rings. The molecule has 2 aromatic heterocycles. The number of amides is 8. The molecule has 5 rings (SSSR count). The Labute approximate surface area is 385 Å². The first-order valence-electron chi connectivity index (χ1n) is 21.3. The fraction of sp³-hybridized carbons (Fsp3) is 0.340. The summed E-state index contributed by atoms with van der Waals surface area (Å²) in [4.78, 5) is 109. The average Bonchev–Trinajstić information content (AvgIpc) is 3.83. The topological polar surface area (TPSA) is 255 Å². The minimum Gasteiger partial charge on any atom is -0.387 e. The first-order chi connectivity index (χ1) is 31.8. The van der Waals surface area contributed by atoms with Crippen molar-refractivity contribution >= 4 is 47.3 Å². The first-order valence-corrected chi connectivity index (χ1v) is 21.3. The number of hydrogen-bond donors (Lipinski definition) is 6. The number of aromatic nitrogens is 2. The van der Waals surface area contributed by atoms with Gasteiger partial charge in [0.1, 0.15) is 36.9 Å². The number of aliphatic hydroxyl groups excluding tert-OH is 1. The van der Waals surface area contributed by atoms with Gasteiger partial charge in [0.25, 0.3) is 11.8 Å². The van der Waals surface area contributed by atoms with Gasteiger partial charge in [-0.05, 0) is 59.4 Å². The largest absolute Gasteiger partial charge is 0.387 e. The molecule has 7 N–H and O–H groups in total. The highest BCUT2D eigenvalue weighted by Crippen LogP contribution is 2.41. The van der Waals surface area contributed by atoms with E-state index in [1.54, 1.807) is 29.0 Å². The van der Waals surface area contributed by atoms with Gasteiger partial charge < -0.3 is 41.6 Å². The van der Waals surface area contributed by atoms with E-state index < -0.39 is 102 Å². The van der Waals surface area contributed by atoms with E-state index in [0.717, 1.165) is 40.8 Å². The van der Waals surface area contributed by atoms with Crippen molar-refractivity contribution in [3.63, 3.8) is 0 Å². The summed E-state index contributed by atoms with van der Waals surface area (Å²) in [5, 5.41) is 20.5. The van der Waals surface area contributed by atoms with E-state index in [0.29, 0.717) is 16.8 Å². The second-order valence-electron chi connectivity index (χ2n) is 16.8. The van der Waals surface area contributed by atoms with Crippen LogP contribution in [-0.4, -0.2) is 117 Å². The fourth-order valence-electron chi connectivity index (χ4n) is 7.55. The maximum Gasteiger partial charge on any atom is 0.254 e. The molecular weight excluding hydrogens is 873 g/mol. The number of carbonyl (C=O) groups excluding carboxylic acids is 8. The molecule has 8 amide bonds. The lowest BCUT2D eigenvalue weighted by Crippen LogP contribution is -2.56. The van der Waals surface area contributed by atoms with E-state index in [1.165, 1.54) is 17.3 Å². The quantitative estimate of drug-likeness (QED) is 0.0488. The van der Waals surface area contributed by atoms with Crippen LogP contribution in [0.4, 0.5) is 8.78 Å². The molecule has 20 heteroatoms. The van der Waals surface area contributed by atoms with Gasteiger partial charge in [-0.2, -0.15) is 0 Å². The molecule has 4 aromatic rings. The molecular formula is C47H53F2N9O9. The lowest BCUT2D eigenvalue weighted by molar-refractivity contribution is -0.141. The number of pyridine rings is 1. The van der Waals surface area contributed by atoms with Crippen molar-refractivity contribution in [3.8, 4) is 11.1 Å². The van der Waals surface area contributed by atoms with E-state index in [2.05, 4.69) is 26.3 Å². The molecule has 1 aliphatic rings. The van der Waals surface area contributed by atoms with Crippen molar-refractivity contribution in [1.82, 2.24) is 40.6 Å². The number of nitrogens with zero attached hydrogens (tertiary/aromatic N) is 4. The number of carbonyl (C=O) groups is 8. The average molecular weight is 926 g/mol. The fourth-order valence-corrected chi connectivity index (χ4v) is 7.55. The SMILES string of the molecule is CC(C)(C)[C@H](c1cc(-c2cc(F)ccc2F)cn1Cc1ccccc1)N(CC[C@H](NC(=O)[C@H](CC(N)=O)NC(=O)Cc1ccncc1)C(=O)NCCNC(=O)CN1C(=O)C=CC1=O)C(=O)CO. The number of hydrogen-bond acceptors (Lipinski definition) is 10. The van der Waals surface area contributed by atoms with Crippen LogP contribution in [0, 0.1) is 17.0 Å². The highest BCUT2D eigenvalue weighted by molar-refractivity contribution is 6.14. The predicted molar refractivity (Wildman–Crippen MR) is 238 cm³/mol.